The first-order chi connectivity index (χ1) is 8.67. The predicted octanol–water partition coefficient (Wildman–Crippen LogP) is 3.58. The number of ether oxygens (including phenoxy) is 1. The van der Waals surface area contributed by atoms with E-state index in [-0.39, 0.29) is 5.97 Å². The van der Waals surface area contributed by atoms with E-state index in [2.05, 4.69) is 27.8 Å². The first-order valence-electron chi connectivity index (χ1n) is 5.66. The molecule has 0 atom stereocenters. The molecule has 0 unspecified atom stereocenters. The lowest BCUT2D eigenvalue weighted by Crippen LogP contribution is -2.00. The highest BCUT2D eigenvalue weighted by Crippen LogP contribution is 2.23. The van der Waals surface area contributed by atoms with E-state index in [9.17, 15) is 4.79 Å². The zero-order valence-electron chi connectivity index (χ0n) is 10.3. The molecule has 18 heavy (non-hydrogen) atoms. The standard InChI is InChI=1S/C14H16BrNO2/c1-3-8-16-12-7-5-6-11(9-12)13(15)10-14(17)18-4-2/h3,5-7,9-10,16H,1,4,8H2,2H3. The second-order valence-electron chi connectivity index (χ2n) is 3.49. The summed E-state index contributed by atoms with van der Waals surface area (Å²) >= 11 is 3.37. The number of rotatable bonds is 6. The van der Waals surface area contributed by atoms with Gasteiger partial charge in [0, 0.05) is 22.8 Å². The SMILES string of the molecule is C=CCNc1cccc(C(Br)=CC(=O)OCC)c1. The van der Waals surface area contributed by atoms with Gasteiger partial charge in [0.2, 0.25) is 0 Å². The number of hydrogen-bond donors (Lipinski definition) is 1. The van der Waals surface area contributed by atoms with Gasteiger partial charge in [0.25, 0.3) is 0 Å². The van der Waals surface area contributed by atoms with E-state index in [0.29, 0.717) is 17.6 Å². The van der Waals surface area contributed by atoms with Crippen LogP contribution in [0.3, 0.4) is 0 Å². The van der Waals surface area contributed by atoms with E-state index >= 15 is 0 Å². The second-order valence-corrected chi connectivity index (χ2v) is 4.35. The maximum Gasteiger partial charge on any atom is 0.331 e. The first-order valence-corrected chi connectivity index (χ1v) is 6.45. The molecule has 0 spiro atoms. The Bertz CT molecular complexity index is 455. The van der Waals surface area contributed by atoms with Crippen molar-refractivity contribution in [3.05, 3.63) is 48.6 Å². The third kappa shape index (κ3) is 4.75. The zero-order chi connectivity index (χ0) is 13.4. The van der Waals surface area contributed by atoms with Crippen LogP contribution in [0.15, 0.2) is 43.0 Å². The summed E-state index contributed by atoms with van der Waals surface area (Å²) < 4.78 is 5.55. The molecule has 96 valence electrons. The van der Waals surface area contributed by atoms with E-state index in [1.165, 1.54) is 6.08 Å². The lowest BCUT2D eigenvalue weighted by atomic mass is 10.2. The lowest BCUT2D eigenvalue weighted by molar-refractivity contribution is -0.137. The Balaban J connectivity index is 2.81. The highest BCUT2D eigenvalue weighted by Gasteiger charge is 2.03. The maximum absolute atomic E-state index is 11.3. The fraction of sp³-hybridized carbons (Fsp3) is 0.214. The Kier molecular flexibility index (Phi) is 6.22. The minimum atomic E-state index is -0.353. The summed E-state index contributed by atoms with van der Waals surface area (Å²) in [4.78, 5) is 11.3. The molecule has 0 radical (unpaired) electrons. The van der Waals surface area contributed by atoms with Crippen LogP contribution >= 0.6 is 15.9 Å². The van der Waals surface area contributed by atoms with Crippen molar-refractivity contribution in [3.63, 3.8) is 0 Å². The summed E-state index contributed by atoms with van der Waals surface area (Å²) in [5.41, 5.74) is 1.89. The van der Waals surface area contributed by atoms with Crippen LogP contribution in [0.25, 0.3) is 4.48 Å². The van der Waals surface area contributed by atoms with Crippen LogP contribution in [-0.2, 0) is 9.53 Å². The van der Waals surface area contributed by atoms with Crippen LogP contribution in [0.1, 0.15) is 12.5 Å². The van der Waals surface area contributed by atoms with E-state index < -0.39 is 0 Å². The molecule has 1 aromatic rings. The fourth-order valence-electron chi connectivity index (χ4n) is 1.34. The Morgan fingerprint density at radius 3 is 3.00 bits per heavy atom. The maximum atomic E-state index is 11.3. The molecule has 0 aliphatic carbocycles. The van der Waals surface area contributed by atoms with Crippen molar-refractivity contribution in [1.29, 1.82) is 0 Å². The largest absolute Gasteiger partial charge is 0.463 e. The number of carbonyl (C=O) groups excluding carboxylic acids is 1. The van der Waals surface area contributed by atoms with Gasteiger partial charge >= 0.3 is 5.97 Å². The van der Waals surface area contributed by atoms with Gasteiger partial charge in [-0.2, -0.15) is 0 Å². The molecule has 0 aliphatic heterocycles. The minimum absolute atomic E-state index is 0.353. The van der Waals surface area contributed by atoms with E-state index in [1.54, 1.807) is 13.0 Å². The number of nitrogens with one attached hydrogen (secondary N) is 1. The predicted molar refractivity (Wildman–Crippen MR) is 78.7 cm³/mol. The Hall–Kier alpha value is -1.55. The molecule has 0 amide bonds. The number of anilines is 1. The average molecular weight is 310 g/mol. The van der Waals surface area contributed by atoms with Crippen molar-refractivity contribution >= 4 is 32.1 Å². The summed E-state index contributed by atoms with van der Waals surface area (Å²) in [6, 6.07) is 7.74. The monoisotopic (exact) mass is 309 g/mol. The highest BCUT2D eigenvalue weighted by molar-refractivity contribution is 9.15. The Morgan fingerprint density at radius 1 is 1.56 bits per heavy atom. The number of esters is 1. The summed E-state index contributed by atoms with van der Waals surface area (Å²) in [7, 11) is 0. The number of halogens is 1. The van der Waals surface area contributed by atoms with Crippen molar-refractivity contribution in [2.45, 2.75) is 6.92 Å². The van der Waals surface area contributed by atoms with Gasteiger partial charge in [-0.05, 0) is 40.5 Å². The van der Waals surface area contributed by atoms with Crippen molar-refractivity contribution in [2.24, 2.45) is 0 Å². The van der Waals surface area contributed by atoms with Crippen LogP contribution in [0.5, 0.6) is 0 Å². The van der Waals surface area contributed by atoms with Gasteiger partial charge in [-0.1, -0.05) is 18.2 Å². The third-order valence-electron chi connectivity index (χ3n) is 2.12. The summed E-state index contributed by atoms with van der Waals surface area (Å²) in [5.74, 6) is -0.353. The molecular weight excluding hydrogens is 294 g/mol. The summed E-state index contributed by atoms with van der Waals surface area (Å²) in [5, 5.41) is 3.19. The molecule has 0 saturated carbocycles. The van der Waals surface area contributed by atoms with Gasteiger partial charge in [0.05, 0.1) is 6.61 Å². The quantitative estimate of drug-likeness (QED) is 0.496. The zero-order valence-corrected chi connectivity index (χ0v) is 11.9. The average Bonchev–Trinajstić information content (AvgIpc) is 2.37. The molecule has 0 heterocycles. The Labute approximate surface area is 116 Å². The minimum Gasteiger partial charge on any atom is -0.463 e. The van der Waals surface area contributed by atoms with Crippen molar-refractivity contribution in [3.8, 4) is 0 Å². The summed E-state index contributed by atoms with van der Waals surface area (Å²) in [6.45, 7) is 6.49. The van der Waals surface area contributed by atoms with Crippen molar-refractivity contribution in [1.82, 2.24) is 0 Å². The molecule has 3 nitrogen and oxygen atoms in total. The van der Waals surface area contributed by atoms with Crippen LogP contribution < -0.4 is 5.32 Å². The lowest BCUT2D eigenvalue weighted by Gasteiger charge is -2.06. The second kappa shape index (κ2) is 7.71. The van der Waals surface area contributed by atoms with Crippen molar-refractivity contribution in [2.75, 3.05) is 18.5 Å². The topological polar surface area (TPSA) is 38.3 Å². The van der Waals surface area contributed by atoms with Crippen LogP contribution in [0.4, 0.5) is 5.69 Å². The summed E-state index contributed by atoms with van der Waals surface area (Å²) in [6.07, 6.45) is 3.21. The third-order valence-corrected chi connectivity index (χ3v) is 2.81. The van der Waals surface area contributed by atoms with Gasteiger partial charge in [-0.25, -0.2) is 4.79 Å². The fourth-order valence-corrected chi connectivity index (χ4v) is 1.77. The molecule has 1 aromatic carbocycles. The van der Waals surface area contributed by atoms with Gasteiger partial charge in [0.1, 0.15) is 0 Å². The number of hydrogen-bond acceptors (Lipinski definition) is 3. The Morgan fingerprint density at radius 2 is 2.33 bits per heavy atom. The van der Waals surface area contributed by atoms with Crippen LogP contribution in [-0.4, -0.2) is 19.1 Å². The van der Waals surface area contributed by atoms with Gasteiger partial charge in [-0.3, -0.25) is 0 Å². The van der Waals surface area contributed by atoms with Crippen molar-refractivity contribution < 1.29 is 9.53 Å². The van der Waals surface area contributed by atoms with E-state index in [0.717, 1.165) is 11.3 Å². The van der Waals surface area contributed by atoms with E-state index in [1.807, 2.05) is 24.3 Å². The molecule has 0 bridgehead atoms. The van der Waals surface area contributed by atoms with Gasteiger partial charge in [0.15, 0.2) is 0 Å². The molecule has 0 aromatic heterocycles. The molecular formula is C14H16BrNO2. The molecule has 1 rings (SSSR count). The van der Waals surface area contributed by atoms with Gasteiger partial charge in [-0.15, -0.1) is 6.58 Å². The number of benzene rings is 1. The smallest absolute Gasteiger partial charge is 0.331 e. The first kappa shape index (κ1) is 14.5. The van der Waals surface area contributed by atoms with Gasteiger partial charge < -0.3 is 10.1 Å². The molecule has 0 saturated heterocycles. The highest BCUT2D eigenvalue weighted by atomic mass is 79.9. The van der Waals surface area contributed by atoms with E-state index in [4.69, 9.17) is 4.74 Å². The normalized spacial score (nSPS) is 10.9. The molecule has 1 N–H and O–H groups in total. The molecule has 0 fully saturated rings. The van der Waals surface area contributed by atoms with Crippen LogP contribution in [0, 0.1) is 0 Å². The number of carbonyl (C=O) groups is 1. The molecule has 4 heteroatoms. The van der Waals surface area contributed by atoms with Crippen LogP contribution in [0.2, 0.25) is 0 Å². The molecule has 0 aliphatic rings.